The van der Waals surface area contributed by atoms with E-state index in [4.69, 9.17) is 21.1 Å². The van der Waals surface area contributed by atoms with Gasteiger partial charge in [-0.3, -0.25) is 4.79 Å². The van der Waals surface area contributed by atoms with Crippen LogP contribution in [0.5, 0.6) is 11.5 Å². The van der Waals surface area contributed by atoms with Crippen molar-refractivity contribution in [2.24, 2.45) is 0 Å². The fourth-order valence-corrected chi connectivity index (χ4v) is 2.10. The average molecular weight is 346 g/mol. The van der Waals surface area contributed by atoms with Crippen molar-refractivity contribution >= 4 is 23.2 Å². The summed E-state index contributed by atoms with van der Waals surface area (Å²) in [4.78, 5) is 12.2. The first-order valence-corrected chi connectivity index (χ1v) is 7.95. The quantitative estimate of drug-likeness (QED) is 0.745. The molecule has 2 aromatic carbocycles. The number of nitrogens with one attached hydrogen (secondary N) is 1. The van der Waals surface area contributed by atoms with Gasteiger partial charge in [-0.25, -0.2) is 0 Å². The Morgan fingerprint density at radius 2 is 1.92 bits per heavy atom. The molecule has 0 unspecified atom stereocenters. The van der Waals surface area contributed by atoms with Crippen molar-refractivity contribution in [1.29, 1.82) is 0 Å². The summed E-state index contributed by atoms with van der Waals surface area (Å²) in [5.41, 5.74) is 1.57. The Balaban J connectivity index is 1.93. The monoisotopic (exact) mass is 345 g/mol. The third-order valence-electron chi connectivity index (χ3n) is 3.30. The molecule has 0 saturated carbocycles. The van der Waals surface area contributed by atoms with Crippen LogP contribution in [0.1, 0.15) is 12.5 Å². The van der Waals surface area contributed by atoms with Crippen LogP contribution in [0.2, 0.25) is 5.02 Å². The number of amides is 1. The summed E-state index contributed by atoms with van der Waals surface area (Å²) in [6.45, 7) is 7.62. The molecule has 126 valence electrons. The number of carbonyl (C=O) groups is 1. The van der Waals surface area contributed by atoms with E-state index < -0.39 is 6.10 Å². The van der Waals surface area contributed by atoms with Crippen LogP contribution in [0, 0.1) is 6.92 Å². The third kappa shape index (κ3) is 5.03. The van der Waals surface area contributed by atoms with E-state index >= 15 is 0 Å². The van der Waals surface area contributed by atoms with E-state index in [1.165, 1.54) is 0 Å². The lowest BCUT2D eigenvalue weighted by molar-refractivity contribution is -0.122. The van der Waals surface area contributed by atoms with Gasteiger partial charge in [0.2, 0.25) is 0 Å². The van der Waals surface area contributed by atoms with Gasteiger partial charge in [0.05, 0.1) is 0 Å². The number of benzene rings is 2. The SMILES string of the molecule is C=CCOc1ccc(NC(=O)[C@H](C)Oc2ccc(Cl)c(C)c2)cc1. The van der Waals surface area contributed by atoms with E-state index in [1.807, 2.05) is 6.92 Å². The van der Waals surface area contributed by atoms with Gasteiger partial charge in [0.15, 0.2) is 6.10 Å². The molecule has 24 heavy (non-hydrogen) atoms. The van der Waals surface area contributed by atoms with Crippen molar-refractivity contribution in [1.82, 2.24) is 0 Å². The van der Waals surface area contributed by atoms with E-state index in [-0.39, 0.29) is 5.91 Å². The highest BCUT2D eigenvalue weighted by molar-refractivity contribution is 6.31. The molecule has 4 nitrogen and oxygen atoms in total. The molecule has 2 aromatic rings. The zero-order valence-corrected chi connectivity index (χ0v) is 14.5. The number of ether oxygens (including phenoxy) is 2. The molecule has 0 aliphatic rings. The molecule has 0 spiro atoms. The highest BCUT2D eigenvalue weighted by Gasteiger charge is 2.15. The predicted molar refractivity (Wildman–Crippen MR) is 97.0 cm³/mol. The second-order valence-electron chi connectivity index (χ2n) is 5.28. The Labute approximate surface area is 147 Å². The fraction of sp³-hybridized carbons (Fsp3) is 0.211. The number of carbonyl (C=O) groups excluding carboxylic acids is 1. The summed E-state index contributed by atoms with van der Waals surface area (Å²) < 4.78 is 11.1. The van der Waals surface area contributed by atoms with Gasteiger partial charge in [-0.05, 0) is 61.9 Å². The standard InChI is InChI=1S/C19H20ClNO3/c1-4-11-23-16-7-5-15(6-8-16)21-19(22)14(3)24-17-9-10-18(20)13(2)12-17/h4-10,12,14H,1,11H2,2-3H3,(H,21,22)/t14-/m0/s1. The van der Waals surface area contributed by atoms with Crippen LogP contribution >= 0.6 is 11.6 Å². The van der Waals surface area contributed by atoms with Crippen molar-refractivity contribution < 1.29 is 14.3 Å². The highest BCUT2D eigenvalue weighted by Crippen LogP contribution is 2.22. The lowest BCUT2D eigenvalue weighted by Gasteiger charge is -2.15. The van der Waals surface area contributed by atoms with Gasteiger partial charge in [0.25, 0.3) is 5.91 Å². The Hall–Kier alpha value is -2.46. The van der Waals surface area contributed by atoms with Gasteiger partial charge in [-0.2, -0.15) is 0 Å². The Kier molecular flexibility index (Phi) is 6.27. The van der Waals surface area contributed by atoms with Crippen molar-refractivity contribution in [3.8, 4) is 11.5 Å². The first-order chi connectivity index (χ1) is 11.5. The maximum atomic E-state index is 12.2. The van der Waals surface area contributed by atoms with E-state index in [0.29, 0.717) is 28.8 Å². The Morgan fingerprint density at radius 1 is 1.25 bits per heavy atom. The van der Waals surface area contributed by atoms with Gasteiger partial charge in [0.1, 0.15) is 18.1 Å². The van der Waals surface area contributed by atoms with E-state index in [0.717, 1.165) is 5.56 Å². The number of rotatable bonds is 7. The lowest BCUT2D eigenvalue weighted by atomic mass is 10.2. The summed E-state index contributed by atoms with van der Waals surface area (Å²) in [6, 6.07) is 12.4. The Bertz CT molecular complexity index is 713. The molecule has 0 aromatic heterocycles. The predicted octanol–water partition coefficient (Wildman–Crippen LogP) is 4.62. The van der Waals surface area contributed by atoms with Crippen LogP contribution in [0.15, 0.2) is 55.1 Å². The van der Waals surface area contributed by atoms with Crippen LogP contribution in [-0.2, 0) is 4.79 Å². The molecule has 1 atom stereocenters. The maximum Gasteiger partial charge on any atom is 0.265 e. The average Bonchev–Trinajstić information content (AvgIpc) is 2.57. The van der Waals surface area contributed by atoms with Gasteiger partial charge < -0.3 is 14.8 Å². The minimum atomic E-state index is -0.637. The first-order valence-electron chi connectivity index (χ1n) is 7.57. The number of hydrogen-bond donors (Lipinski definition) is 1. The van der Waals surface area contributed by atoms with Crippen LogP contribution in [0.4, 0.5) is 5.69 Å². The van der Waals surface area contributed by atoms with Crippen molar-refractivity contribution in [3.63, 3.8) is 0 Å². The largest absolute Gasteiger partial charge is 0.490 e. The molecule has 0 saturated heterocycles. The van der Waals surface area contributed by atoms with Crippen LogP contribution in [0.25, 0.3) is 0 Å². The summed E-state index contributed by atoms with van der Waals surface area (Å²) >= 11 is 5.98. The van der Waals surface area contributed by atoms with Crippen LogP contribution in [0.3, 0.4) is 0 Å². The molecule has 0 heterocycles. The maximum absolute atomic E-state index is 12.2. The minimum absolute atomic E-state index is 0.234. The summed E-state index contributed by atoms with van der Waals surface area (Å²) in [6.07, 6.45) is 1.04. The first kappa shape index (κ1) is 17.9. The van der Waals surface area contributed by atoms with Crippen LogP contribution in [-0.4, -0.2) is 18.6 Å². The van der Waals surface area contributed by atoms with Gasteiger partial charge >= 0.3 is 0 Å². The van der Waals surface area contributed by atoms with Crippen molar-refractivity contribution in [3.05, 3.63) is 65.7 Å². The van der Waals surface area contributed by atoms with Gasteiger partial charge in [-0.1, -0.05) is 24.3 Å². The number of aryl methyl sites for hydroxylation is 1. The lowest BCUT2D eigenvalue weighted by Crippen LogP contribution is -2.30. The Morgan fingerprint density at radius 3 is 2.54 bits per heavy atom. The number of hydrogen-bond acceptors (Lipinski definition) is 3. The molecule has 5 heteroatoms. The van der Waals surface area contributed by atoms with Crippen LogP contribution < -0.4 is 14.8 Å². The fourth-order valence-electron chi connectivity index (χ4n) is 1.98. The zero-order valence-electron chi connectivity index (χ0n) is 13.7. The summed E-state index contributed by atoms with van der Waals surface area (Å²) in [7, 11) is 0. The molecule has 0 aliphatic carbocycles. The second-order valence-corrected chi connectivity index (χ2v) is 5.69. The zero-order chi connectivity index (χ0) is 17.5. The molecule has 0 bridgehead atoms. The summed E-state index contributed by atoms with van der Waals surface area (Å²) in [5.74, 6) is 1.09. The third-order valence-corrected chi connectivity index (χ3v) is 3.73. The molecule has 0 aliphatic heterocycles. The molecule has 2 rings (SSSR count). The molecule has 0 fully saturated rings. The highest BCUT2D eigenvalue weighted by atomic mass is 35.5. The summed E-state index contributed by atoms with van der Waals surface area (Å²) in [5, 5.41) is 3.47. The number of anilines is 1. The van der Waals surface area contributed by atoms with Gasteiger partial charge in [-0.15, -0.1) is 0 Å². The molecule has 1 N–H and O–H groups in total. The molecule has 1 amide bonds. The smallest absolute Gasteiger partial charge is 0.265 e. The van der Waals surface area contributed by atoms with E-state index in [1.54, 1.807) is 55.5 Å². The van der Waals surface area contributed by atoms with E-state index in [9.17, 15) is 4.79 Å². The molecular formula is C19H20ClNO3. The normalized spacial score (nSPS) is 11.5. The molecule has 0 radical (unpaired) electrons. The topological polar surface area (TPSA) is 47.6 Å². The second kappa shape index (κ2) is 8.41. The molecular weight excluding hydrogens is 326 g/mol. The minimum Gasteiger partial charge on any atom is -0.490 e. The van der Waals surface area contributed by atoms with E-state index in [2.05, 4.69) is 11.9 Å². The van der Waals surface area contributed by atoms with Crippen molar-refractivity contribution in [2.45, 2.75) is 20.0 Å². The number of halogens is 1. The van der Waals surface area contributed by atoms with Gasteiger partial charge in [0, 0.05) is 10.7 Å². The van der Waals surface area contributed by atoms with Crippen molar-refractivity contribution in [2.75, 3.05) is 11.9 Å².